The third-order valence-corrected chi connectivity index (χ3v) is 4.06. The van der Waals surface area contributed by atoms with Crippen LogP contribution in [-0.2, 0) is 11.2 Å². The molecule has 1 aliphatic heterocycles. The van der Waals surface area contributed by atoms with Crippen LogP contribution in [-0.4, -0.2) is 22.6 Å². The molecule has 0 N–H and O–H groups in total. The number of hydrogen-bond acceptors (Lipinski definition) is 4. The lowest BCUT2D eigenvalue weighted by Crippen LogP contribution is -2.30. The van der Waals surface area contributed by atoms with E-state index < -0.39 is 0 Å². The standard InChI is InChI=1S/C16H13NO3S/c18-15-14(11-13-7-4-10-20-13)21-16(19)17(15)9-8-12-5-2-1-3-6-12/h1-7,10-11H,8-9H2/b14-11-. The maximum atomic E-state index is 12.2. The van der Waals surface area contributed by atoms with Crippen LogP contribution in [0.25, 0.3) is 6.08 Å². The van der Waals surface area contributed by atoms with Gasteiger partial charge in [-0.05, 0) is 35.9 Å². The number of furan rings is 1. The van der Waals surface area contributed by atoms with Gasteiger partial charge in [0.25, 0.3) is 11.1 Å². The van der Waals surface area contributed by atoms with Gasteiger partial charge >= 0.3 is 0 Å². The first-order valence-electron chi connectivity index (χ1n) is 6.57. The van der Waals surface area contributed by atoms with Crippen LogP contribution in [0.15, 0.2) is 58.1 Å². The number of rotatable bonds is 4. The largest absolute Gasteiger partial charge is 0.465 e. The van der Waals surface area contributed by atoms with Gasteiger partial charge in [0.2, 0.25) is 0 Å². The van der Waals surface area contributed by atoms with Crippen LogP contribution >= 0.6 is 11.8 Å². The third kappa shape index (κ3) is 3.08. The Hall–Kier alpha value is -2.27. The Morgan fingerprint density at radius 2 is 1.90 bits per heavy atom. The molecule has 5 heteroatoms. The van der Waals surface area contributed by atoms with Crippen molar-refractivity contribution in [2.24, 2.45) is 0 Å². The van der Waals surface area contributed by atoms with Gasteiger partial charge in [-0.25, -0.2) is 0 Å². The number of carbonyl (C=O) groups excluding carboxylic acids is 2. The number of nitrogens with zero attached hydrogens (tertiary/aromatic N) is 1. The number of amides is 2. The molecule has 1 aromatic carbocycles. The highest BCUT2D eigenvalue weighted by atomic mass is 32.2. The van der Waals surface area contributed by atoms with E-state index in [1.807, 2.05) is 30.3 Å². The van der Waals surface area contributed by atoms with E-state index >= 15 is 0 Å². The number of thioether (sulfide) groups is 1. The average molecular weight is 299 g/mol. The molecule has 1 fully saturated rings. The van der Waals surface area contributed by atoms with Gasteiger partial charge in [0.1, 0.15) is 5.76 Å². The maximum absolute atomic E-state index is 12.2. The highest BCUT2D eigenvalue weighted by Gasteiger charge is 2.34. The predicted octanol–water partition coefficient (Wildman–Crippen LogP) is 3.56. The van der Waals surface area contributed by atoms with Gasteiger partial charge < -0.3 is 4.42 Å². The molecule has 2 aromatic rings. The van der Waals surface area contributed by atoms with E-state index in [4.69, 9.17) is 4.42 Å². The van der Waals surface area contributed by atoms with E-state index in [2.05, 4.69) is 0 Å². The molecule has 0 unspecified atom stereocenters. The number of benzene rings is 1. The molecule has 106 valence electrons. The molecule has 0 radical (unpaired) electrons. The Morgan fingerprint density at radius 1 is 1.10 bits per heavy atom. The number of carbonyl (C=O) groups is 2. The Balaban J connectivity index is 1.69. The van der Waals surface area contributed by atoms with Crippen molar-refractivity contribution in [2.75, 3.05) is 6.54 Å². The maximum Gasteiger partial charge on any atom is 0.293 e. The Morgan fingerprint density at radius 3 is 2.62 bits per heavy atom. The lowest BCUT2D eigenvalue weighted by atomic mass is 10.1. The van der Waals surface area contributed by atoms with Gasteiger partial charge in [0.15, 0.2) is 0 Å². The van der Waals surface area contributed by atoms with E-state index in [1.165, 1.54) is 11.2 Å². The molecule has 21 heavy (non-hydrogen) atoms. The van der Waals surface area contributed by atoms with Gasteiger partial charge in [0.05, 0.1) is 11.2 Å². The monoisotopic (exact) mass is 299 g/mol. The van der Waals surface area contributed by atoms with Gasteiger partial charge in [-0.15, -0.1) is 0 Å². The Kier molecular flexibility index (Phi) is 3.92. The summed E-state index contributed by atoms with van der Waals surface area (Å²) in [6.45, 7) is 0.393. The Bertz CT molecular complexity index is 677. The molecular weight excluding hydrogens is 286 g/mol. The third-order valence-electron chi connectivity index (χ3n) is 3.16. The van der Waals surface area contributed by atoms with Crippen molar-refractivity contribution >= 4 is 29.0 Å². The summed E-state index contributed by atoms with van der Waals surface area (Å²) in [4.78, 5) is 25.9. The summed E-state index contributed by atoms with van der Waals surface area (Å²) in [7, 11) is 0. The molecule has 3 rings (SSSR count). The van der Waals surface area contributed by atoms with Crippen LogP contribution in [0.1, 0.15) is 11.3 Å². The first-order chi connectivity index (χ1) is 10.2. The predicted molar refractivity (Wildman–Crippen MR) is 81.5 cm³/mol. The quantitative estimate of drug-likeness (QED) is 0.810. The summed E-state index contributed by atoms with van der Waals surface area (Å²) in [5, 5.41) is -0.228. The van der Waals surface area contributed by atoms with Gasteiger partial charge in [-0.3, -0.25) is 14.5 Å². The molecule has 0 bridgehead atoms. The highest BCUT2D eigenvalue weighted by molar-refractivity contribution is 8.18. The second-order valence-electron chi connectivity index (χ2n) is 4.58. The average Bonchev–Trinajstić information content (AvgIpc) is 3.09. The van der Waals surface area contributed by atoms with Gasteiger partial charge in [-0.2, -0.15) is 0 Å². The molecule has 1 saturated heterocycles. The van der Waals surface area contributed by atoms with Crippen LogP contribution in [0.5, 0.6) is 0 Å². The second-order valence-corrected chi connectivity index (χ2v) is 5.58. The molecule has 0 saturated carbocycles. The van der Waals surface area contributed by atoms with Crippen molar-refractivity contribution in [3.05, 3.63) is 65.0 Å². The van der Waals surface area contributed by atoms with E-state index in [-0.39, 0.29) is 11.1 Å². The summed E-state index contributed by atoms with van der Waals surface area (Å²) >= 11 is 0.954. The van der Waals surface area contributed by atoms with Crippen LogP contribution in [0.2, 0.25) is 0 Å². The van der Waals surface area contributed by atoms with Crippen LogP contribution < -0.4 is 0 Å². The van der Waals surface area contributed by atoms with E-state index in [0.29, 0.717) is 23.6 Å². The zero-order chi connectivity index (χ0) is 14.7. The van der Waals surface area contributed by atoms with Crippen LogP contribution in [0.3, 0.4) is 0 Å². The first kappa shape index (κ1) is 13.7. The second kappa shape index (κ2) is 6.01. The SMILES string of the molecule is O=C1S/C(=C\c2ccco2)C(=O)N1CCc1ccccc1. The summed E-state index contributed by atoms with van der Waals surface area (Å²) in [6, 6.07) is 13.3. The van der Waals surface area contributed by atoms with Crippen molar-refractivity contribution in [2.45, 2.75) is 6.42 Å². The van der Waals surface area contributed by atoms with Crippen LogP contribution in [0.4, 0.5) is 4.79 Å². The van der Waals surface area contributed by atoms with Crippen molar-refractivity contribution in [1.82, 2.24) is 4.90 Å². The number of imide groups is 1. The van der Waals surface area contributed by atoms with E-state index in [0.717, 1.165) is 17.3 Å². The first-order valence-corrected chi connectivity index (χ1v) is 7.38. The van der Waals surface area contributed by atoms with E-state index in [9.17, 15) is 9.59 Å². The summed E-state index contributed by atoms with van der Waals surface area (Å²) in [5.41, 5.74) is 1.10. The molecule has 0 spiro atoms. The fraction of sp³-hybridized carbons (Fsp3) is 0.125. The zero-order valence-corrected chi connectivity index (χ0v) is 12.0. The summed E-state index contributed by atoms with van der Waals surface area (Å²) in [5.74, 6) is 0.320. The van der Waals surface area contributed by atoms with Crippen molar-refractivity contribution in [1.29, 1.82) is 0 Å². The molecule has 2 heterocycles. The normalized spacial score (nSPS) is 17.0. The van der Waals surface area contributed by atoms with Gasteiger partial charge in [0, 0.05) is 12.6 Å². The Labute approximate surface area is 126 Å². The van der Waals surface area contributed by atoms with Gasteiger partial charge in [-0.1, -0.05) is 30.3 Å². The lowest BCUT2D eigenvalue weighted by Gasteiger charge is -2.11. The lowest BCUT2D eigenvalue weighted by molar-refractivity contribution is -0.122. The summed E-state index contributed by atoms with van der Waals surface area (Å²) in [6.07, 6.45) is 3.80. The molecule has 0 aliphatic carbocycles. The highest BCUT2D eigenvalue weighted by Crippen LogP contribution is 2.32. The number of hydrogen-bond donors (Lipinski definition) is 0. The van der Waals surface area contributed by atoms with E-state index in [1.54, 1.807) is 18.2 Å². The zero-order valence-electron chi connectivity index (χ0n) is 11.2. The fourth-order valence-electron chi connectivity index (χ4n) is 2.08. The fourth-order valence-corrected chi connectivity index (χ4v) is 2.93. The summed E-state index contributed by atoms with van der Waals surface area (Å²) < 4.78 is 5.17. The van der Waals surface area contributed by atoms with Crippen molar-refractivity contribution in [3.63, 3.8) is 0 Å². The molecule has 4 nitrogen and oxygen atoms in total. The topological polar surface area (TPSA) is 50.5 Å². The minimum atomic E-state index is -0.252. The molecule has 2 amide bonds. The van der Waals surface area contributed by atoms with Crippen LogP contribution in [0, 0.1) is 0 Å². The minimum Gasteiger partial charge on any atom is -0.465 e. The van der Waals surface area contributed by atoms with Crippen molar-refractivity contribution in [3.8, 4) is 0 Å². The smallest absolute Gasteiger partial charge is 0.293 e. The van der Waals surface area contributed by atoms with Crippen molar-refractivity contribution < 1.29 is 14.0 Å². The molecule has 0 atom stereocenters. The minimum absolute atomic E-state index is 0.228. The molecule has 1 aromatic heterocycles. The molecular formula is C16H13NO3S. The molecule has 1 aliphatic rings.